The van der Waals surface area contributed by atoms with E-state index in [1.54, 1.807) is 0 Å². The van der Waals surface area contributed by atoms with E-state index in [9.17, 15) is 0 Å². The van der Waals surface area contributed by atoms with Crippen LogP contribution in [0.15, 0.2) is 0 Å². The van der Waals surface area contributed by atoms with Crippen molar-refractivity contribution in [2.75, 3.05) is 29.9 Å². The van der Waals surface area contributed by atoms with Crippen molar-refractivity contribution in [3.63, 3.8) is 0 Å². The molecule has 1 aliphatic rings. The first-order valence-electron chi connectivity index (χ1n) is 8.00. The Morgan fingerprint density at radius 3 is 2.30 bits per heavy atom. The highest BCUT2D eigenvalue weighted by molar-refractivity contribution is 5.52. The highest BCUT2D eigenvalue weighted by Gasteiger charge is 2.18. The fraction of sp³-hybridized carbons (Fsp3) is 0.750. The van der Waals surface area contributed by atoms with Crippen LogP contribution in [0.5, 0.6) is 0 Å². The van der Waals surface area contributed by atoms with Crippen LogP contribution in [0.1, 0.15) is 63.6 Å². The lowest BCUT2D eigenvalue weighted by atomic mass is 10.0. The maximum Gasteiger partial charge on any atom is 0.227 e. The van der Waals surface area contributed by atoms with Gasteiger partial charge in [0.25, 0.3) is 0 Å². The molecule has 4 nitrogen and oxygen atoms in total. The largest absolute Gasteiger partial charge is 0.370 e. The number of aryl methyl sites for hydroxylation is 1. The summed E-state index contributed by atoms with van der Waals surface area (Å²) in [6.45, 7) is 11.7. The summed E-state index contributed by atoms with van der Waals surface area (Å²) in [6, 6.07) is 0. The monoisotopic (exact) mass is 276 g/mol. The van der Waals surface area contributed by atoms with Crippen LogP contribution in [0.25, 0.3) is 0 Å². The van der Waals surface area contributed by atoms with Crippen molar-refractivity contribution in [1.29, 1.82) is 0 Å². The number of nitrogens with one attached hydrogen (secondary N) is 1. The lowest BCUT2D eigenvalue weighted by Gasteiger charge is -2.23. The third-order valence-electron chi connectivity index (χ3n) is 3.93. The summed E-state index contributed by atoms with van der Waals surface area (Å²) < 4.78 is 0. The van der Waals surface area contributed by atoms with Gasteiger partial charge in [0.2, 0.25) is 5.95 Å². The van der Waals surface area contributed by atoms with Gasteiger partial charge < -0.3 is 10.2 Å². The summed E-state index contributed by atoms with van der Waals surface area (Å²) in [7, 11) is 0. The molecule has 4 heteroatoms. The minimum absolute atomic E-state index is 0.447. The summed E-state index contributed by atoms with van der Waals surface area (Å²) in [4.78, 5) is 11.9. The maximum absolute atomic E-state index is 4.81. The number of anilines is 2. The number of hydrogen-bond donors (Lipinski definition) is 1. The maximum atomic E-state index is 4.81. The zero-order valence-electron chi connectivity index (χ0n) is 13.4. The van der Waals surface area contributed by atoms with Crippen molar-refractivity contribution in [3.05, 3.63) is 11.3 Å². The van der Waals surface area contributed by atoms with Crippen molar-refractivity contribution in [3.8, 4) is 0 Å². The lowest BCUT2D eigenvalue weighted by Crippen LogP contribution is -2.27. The molecule has 0 radical (unpaired) electrons. The predicted molar refractivity (Wildman–Crippen MR) is 85.7 cm³/mol. The second kappa shape index (κ2) is 6.91. The Hall–Kier alpha value is -1.32. The van der Waals surface area contributed by atoms with Gasteiger partial charge in [-0.15, -0.1) is 0 Å². The average Bonchev–Trinajstić information content (AvgIpc) is 2.66. The van der Waals surface area contributed by atoms with Gasteiger partial charge in [0, 0.05) is 30.9 Å². The van der Waals surface area contributed by atoms with Gasteiger partial charge in [-0.3, -0.25) is 0 Å². The van der Waals surface area contributed by atoms with Crippen LogP contribution in [-0.2, 0) is 0 Å². The summed E-state index contributed by atoms with van der Waals surface area (Å²) in [5.41, 5.74) is 2.37. The molecule has 0 spiro atoms. The molecule has 0 saturated carbocycles. The molecule has 1 fully saturated rings. The summed E-state index contributed by atoms with van der Waals surface area (Å²) in [6.07, 6.45) is 5.18. The zero-order valence-corrected chi connectivity index (χ0v) is 13.4. The van der Waals surface area contributed by atoms with E-state index in [-0.39, 0.29) is 0 Å². The molecular formula is C16H28N4. The van der Waals surface area contributed by atoms with Crippen LogP contribution in [-0.4, -0.2) is 29.6 Å². The highest BCUT2D eigenvalue weighted by atomic mass is 15.3. The quantitative estimate of drug-likeness (QED) is 0.910. The average molecular weight is 276 g/mol. The molecule has 112 valence electrons. The van der Waals surface area contributed by atoms with Gasteiger partial charge in [0.15, 0.2) is 0 Å². The normalized spacial score (nSPS) is 16.4. The number of nitrogens with zero attached hydrogens (tertiary/aromatic N) is 3. The molecule has 1 aromatic rings. The van der Waals surface area contributed by atoms with Crippen LogP contribution < -0.4 is 10.2 Å². The minimum atomic E-state index is 0.447. The van der Waals surface area contributed by atoms with E-state index >= 15 is 0 Å². The Bertz CT molecular complexity index is 434. The van der Waals surface area contributed by atoms with Crippen LogP contribution in [0.4, 0.5) is 11.8 Å². The van der Waals surface area contributed by atoms with Crippen molar-refractivity contribution >= 4 is 11.8 Å². The van der Waals surface area contributed by atoms with E-state index in [0.29, 0.717) is 5.92 Å². The SMILES string of the molecule is CCNc1nc(N2CCCCCC2)nc(C)c1C(C)C. The minimum Gasteiger partial charge on any atom is -0.370 e. The van der Waals surface area contributed by atoms with Gasteiger partial charge in [-0.2, -0.15) is 4.98 Å². The van der Waals surface area contributed by atoms with Crippen LogP contribution >= 0.6 is 0 Å². The fourth-order valence-corrected chi connectivity index (χ4v) is 2.97. The topological polar surface area (TPSA) is 41.1 Å². The molecule has 1 aliphatic heterocycles. The van der Waals surface area contributed by atoms with Crippen molar-refractivity contribution < 1.29 is 0 Å². The molecule has 0 aliphatic carbocycles. The van der Waals surface area contributed by atoms with Crippen molar-refractivity contribution in [1.82, 2.24) is 9.97 Å². The van der Waals surface area contributed by atoms with Gasteiger partial charge >= 0.3 is 0 Å². The molecule has 1 N–H and O–H groups in total. The number of hydrogen-bond acceptors (Lipinski definition) is 4. The molecule has 0 unspecified atom stereocenters. The number of rotatable bonds is 4. The Morgan fingerprint density at radius 2 is 1.75 bits per heavy atom. The van der Waals surface area contributed by atoms with Crippen LogP contribution in [0, 0.1) is 6.92 Å². The Kier molecular flexibility index (Phi) is 5.21. The molecule has 20 heavy (non-hydrogen) atoms. The second-order valence-electron chi connectivity index (χ2n) is 5.96. The first-order valence-corrected chi connectivity index (χ1v) is 8.00. The Labute approximate surface area is 123 Å². The molecule has 0 bridgehead atoms. The summed E-state index contributed by atoms with van der Waals surface area (Å²) >= 11 is 0. The fourth-order valence-electron chi connectivity index (χ4n) is 2.97. The van der Waals surface area contributed by atoms with Gasteiger partial charge in [-0.05, 0) is 32.6 Å². The van der Waals surface area contributed by atoms with Gasteiger partial charge in [-0.25, -0.2) is 4.98 Å². The lowest BCUT2D eigenvalue weighted by molar-refractivity contribution is 0.726. The summed E-state index contributed by atoms with van der Waals surface area (Å²) in [5.74, 6) is 2.38. The van der Waals surface area contributed by atoms with E-state index < -0.39 is 0 Å². The second-order valence-corrected chi connectivity index (χ2v) is 5.96. The van der Waals surface area contributed by atoms with E-state index in [1.165, 1.54) is 31.2 Å². The van der Waals surface area contributed by atoms with Crippen LogP contribution in [0.2, 0.25) is 0 Å². The highest BCUT2D eigenvalue weighted by Crippen LogP contribution is 2.28. The first-order chi connectivity index (χ1) is 9.63. The Balaban J connectivity index is 2.34. The Morgan fingerprint density at radius 1 is 1.10 bits per heavy atom. The van der Waals surface area contributed by atoms with Crippen molar-refractivity contribution in [2.24, 2.45) is 0 Å². The molecule has 2 rings (SSSR count). The van der Waals surface area contributed by atoms with Gasteiger partial charge in [0.05, 0.1) is 0 Å². The molecular weight excluding hydrogens is 248 g/mol. The first kappa shape index (κ1) is 15.1. The third-order valence-corrected chi connectivity index (χ3v) is 3.93. The smallest absolute Gasteiger partial charge is 0.227 e. The van der Waals surface area contributed by atoms with E-state index in [2.05, 4.69) is 37.9 Å². The molecule has 2 heterocycles. The molecule has 0 atom stereocenters. The molecule has 1 saturated heterocycles. The summed E-state index contributed by atoms with van der Waals surface area (Å²) in [5, 5.41) is 3.42. The predicted octanol–water partition coefficient (Wildman–Crippen LogP) is 3.72. The van der Waals surface area contributed by atoms with Gasteiger partial charge in [-0.1, -0.05) is 26.7 Å². The van der Waals surface area contributed by atoms with Crippen molar-refractivity contribution in [2.45, 2.75) is 59.3 Å². The standard InChI is InChI=1S/C16H28N4/c1-5-17-15-14(12(2)3)13(4)18-16(19-15)20-10-8-6-7-9-11-20/h12H,5-11H2,1-4H3,(H,17,18,19). The number of aromatic nitrogens is 2. The van der Waals surface area contributed by atoms with E-state index in [0.717, 1.165) is 37.1 Å². The van der Waals surface area contributed by atoms with E-state index in [4.69, 9.17) is 9.97 Å². The van der Waals surface area contributed by atoms with E-state index in [1.807, 2.05) is 0 Å². The molecule has 0 aromatic carbocycles. The van der Waals surface area contributed by atoms with Crippen LogP contribution in [0.3, 0.4) is 0 Å². The van der Waals surface area contributed by atoms with Gasteiger partial charge in [0.1, 0.15) is 5.82 Å². The molecule has 1 aromatic heterocycles. The zero-order chi connectivity index (χ0) is 14.5. The third kappa shape index (κ3) is 3.41. The molecule has 0 amide bonds.